The van der Waals surface area contributed by atoms with Crippen molar-refractivity contribution in [2.24, 2.45) is 10.9 Å². The fourth-order valence-electron chi connectivity index (χ4n) is 3.74. The zero-order valence-corrected chi connectivity index (χ0v) is 15.6. The summed E-state index contributed by atoms with van der Waals surface area (Å²) in [5.41, 5.74) is 2.01. The summed E-state index contributed by atoms with van der Waals surface area (Å²) in [5.74, 6) is 1.11. The summed E-state index contributed by atoms with van der Waals surface area (Å²) in [6, 6.07) is 15.4. The van der Waals surface area contributed by atoms with Crippen LogP contribution in [-0.2, 0) is 9.53 Å². The molecule has 0 bridgehead atoms. The molecule has 0 radical (unpaired) electrons. The number of aliphatic imine (C=N–C) groups is 1. The van der Waals surface area contributed by atoms with Gasteiger partial charge in [-0.1, -0.05) is 31.2 Å². The van der Waals surface area contributed by atoms with E-state index in [2.05, 4.69) is 9.89 Å². The Morgan fingerprint density at radius 3 is 2.63 bits per heavy atom. The lowest BCUT2D eigenvalue weighted by molar-refractivity contribution is -0.146. The van der Waals surface area contributed by atoms with E-state index < -0.39 is 6.04 Å². The number of benzene rings is 2. The summed E-state index contributed by atoms with van der Waals surface area (Å²) in [5, 5.41) is 0. The van der Waals surface area contributed by atoms with E-state index in [1.54, 1.807) is 14.0 Å². The van der Waals surface area contributed by atoms with E-state index in [-0.39, 0.29) is 17.9 Å². The number of esters is 1. The number of carbonyl (C=O) groups excluding carboxylic acids is 1. The number of rotatable bonds is 4. The van der Waals surface area contributed by atoms with Gasteiger partial charge in [0.25, 0.3) is 6.02 Å². The van der Waals surface area contributed by atoms with Crippen molar-refractivity contribution < 1.29 is 19.0 Å². The molecule has 2 aliphatic heterocycles. The van der Waals surface area contributed by atoms with Gasteiger partial charge in [-0.05, 0) is 36.8 Å². The molecule has 4 rings (SSSR count). The summed E-state index contributed by atoms with van der Waals surface area (Å²) in [4.78, 5) is 19.2. The summed E-state index contributed by atoms with van der Waals surface area (Å²) in [6.45, 7) is 4.15. The van der Waals surface area contributed by atoms with Crippen molar-refractivity contribution in [3.63, 3.8) is 0 Å². The summed E-state index contributed by atoms with van der Waals surface area (Å²) in [6.07, 6.45) is 0. The lowest BCUT2D eigenvalue weighted by Crippen LogP contribution is -2.48. The molecule has 27 heavy (non-hydrogen) atoms. The van der Waals surface area contributed by atoms with Crippen LogP contribution in [0, 0.1) is 5.92 Å². The van der Waals surface area contributed by atoms with Crippen LogP contribution < -0.4 is 14.4 Å². The molecular formula is C21H22N2O4. The van der Waals surface area contributed by atoms with Gasteiger partial charge in [-0.3, -0.25) is 4.90 Å². The van der Waals surface area contributed by atoms with Gasteiger partial charge in [0, 0.05) is 5.92 Å². The second-order valence-corrected chi connectivity index (χ2v) is 6.63. The Balaban J connectivity index is 1.80. The molecule has 0 N–H and O–H groups in total. The first kappa shape index (κ1) is 17.4. The third kappa shape index (κ3) is 2.91. The first-order valence-corrected chi connectivity index (χ1v) is 9.08. The minimum atomic E-state index is -0.613. The Bertz CT molecular complexity index is 878. The number of fused-ring (bicyclic) bond motifs is 3. The van der Waals surface area contributed by atoms with Gasteiger partial charge >= 0.3 is 5.97 Å². The van der Waals surface area contributed by atoms with Crippen LogP contribution in [0.15, 0.2) is 53.5 Å². The SMILES string of the molecule is CCOC(=O)[C@@H]1N=C2Oc3ccccc3N2[C@H](c2ccc(OC)cc2)[C@H]1C. The highest BCUT2D eigenvalue weighted by atomic mass is 16.5. The molecule has 0 fully saturated rings. The van der Waals surface area contributed by atoms with E-state index >= 15 is 0 Å². The second-order valence-electron chi connectivity index (χ2n) is 6.63. The molecular weight excluding hydrogens is 344 g/mol. The van der Waals surface area contributed by atoms with Crippen molar-refractivity contribution >= 4 is 17.7 Å². The summed E-state index contributed by atoms with van der Waals surface area (Å²) >= 11 is 0. The predicted octanol–water partition coefficient (Wildman–Crippen LogP) is 3.57. The van der Waals surface area contributed by atoms with Gasteiger partial charge in [-0.15, -0.1) is 0 Å². The standard InChI is InChI=1S/C21H22N2O4/c1-4-26-20(24)18-13(2)19(14-9-11-15(25-3)12-10-14)23-16-7-5-6-8-17(16)27-21(23)22-18/h5-13,18-19H,4H2,1-3H3/t13-,18+,19-/m0/s1. The number of hydrogen-bond acceptors (Lipinski definition) is 6. The Kier molecular flexibility index (Phi) is 4.48. The van der Waals surface area contributed by atoms with E-state index in [4.69, 9.17) is 14.2 Å². The molecule has 6 nitrogen and oxygen atoms in total. The Labute approximate surface area is 158 Å². The molecule has 6 heteroatoms. The molecule has 0 spiro atoms. The second kappa shape index (κ2) is 6.95. The van der Waals surface area contributed by atoms with Crippen LogP contribution in [0.4, 0.5) is 5.69 Å². The molecule has 0 saturated carbocycles. The quantitative estimate of drug-likeness (QED) is 0.774. The number of para-hydroxylation sites is 2. The Hall–Kier alpha value is -3.02. The van der Waals surface area contributed by atoms with Crippen LogP contribution in [0.1, 0.15) is 25.5 Å². The molecule has 3 atom stereocenters. The van der Waals surface area contributed by atoms with Gasteiger partial charge in [0.15, 0.2) is 11.8 Å². The number of nitrogens with zero attached hydrogens (tertiary/aromatic N) is 2. The number of methoxy groups -OCH3 is 1. The Morgan fingerprint density at radius 2 is 1.93 bits per heavy atom. The maximum absolute atomic E-state index is 12.5. The van der Waals surface area contributed by atoms with Crippen LogP contribution in [0.5, 0.6) is 11.5 Å². The number of anilines is 1. The minimum Gasteiger partial charge on any atom is -0.497 e. The van der Waals surface area contributed by atoms with Gasteiger partial charge < -0.3 is 14.2 Å². The number of hydrogen-bond donors (Lipinski definition) is 0. The molecule has 140 valence electrons. The number of carbonyl (C=O) groups is 1. The largest absolute Gasteiger partial charge is 0.497 e. The van der Waals surface area contributed by atoms with Gasteiger partial charge in [0.1, 0.15) is 5.75 Å². The van der Waals surface area contributed by atoms with Crippen LogP contribution in [0.3, 0.4) is 0 Å². The number of amidine groups is 1. The van der Waals surface area contributed by atoms with Crippen molar-refractivity contribution in [3.8, 4) is 11.5 Å². The van der Waals surface area contributed by atoms with E-state index in [0.717, 1.165) is 22.7 Å². The fraction of sp³-hybridized carbons (Fsp3) is 0.333. The zero-order chi connectivity index (χ0) is 19.0. The highest BCUT2D eigenvalue weighted by Crippen LogP contribution is 2.46. The smallest absolute Gasteiger partial charge is 0.331 e. The van der Waals surface area contributed by atoms with Gasteiger partial charge in [0.2, 0.25) is 0 Å². The summed E-state index contributed by atoms with van der Waals surface area (Å²) in [7, 11) is 1.64. The Morgan fingerprint density at radius 1 is 1.19 bits per heavy atom. The normalized spacial score (nSPS) is 23.0. The van der Waals surface area contributed by atoms with Gasteiger partial charge in [-0.2, -0.15) is 0 Å². The topological polar surface area (TPSA) is 60.4 Å². The molecule has 2 aromatic rings. The first-order valence-electron chi connectivity index (χ1n) is 9.08. The molecule has 0 aromatic heterocycles. The first-order chi connectivity index (χ1) is 13.1. The van der Waals surface area contributed by atoms with Crippen molar-refractivity contribution in [2.75, 3.05) is 18.6 Å². The van der Waals surface area contributed by atoms with Gasteiger partial charge in [0.05, 0.1) is 25.4 Å². The van der Waals surface area contributed by atoms with Gasteiger partial charge in [-0.25, -0.2) is 9.79 Å². The van der Waals surface area contributed by atoms with Crippen LogP contribution in [0.2, 0.25) is 0 Å². The third-order valence-electron chi connectivity index (χ3n) is 5.04. The monoisotopic (exact) mass is 366 g/mol. The molecule has 2 aliphatic rings. The third-order valence-corrected chi connectivity index (χ3v) is 5.04. The maximum atomic E-state index is 12.5. The van der Waals surface area contributed by atoms with E-state index in [1.807, 2.05) is 55.5 Å². The highest BCUT2D eigenvalue weighted by Gasteiger charge is 2.46. The fourth-order valence-corrected chi connectivity index (χ4v) is 3.74. The molecule has 2 aromatic carbocycles. The molecule has 2 heterocycles. The van der Waals surface area contributed by atoms with Crippen LogP contribution in [-0.4, -0.2) is 31.7 Å². The van der Waals surface area contributed by atoms with Crippen LogP contribution in [0.25, 0.3) is 0 Å². The van der Waals surface area contributed by atoms with Crippen LogP contribution >= 0.6 is 0 Å². The summed E-state index contributed by atoms with van der Waals surface area (Å²) < 4.78 is 16.5. The maximum Gasteiger partial charge on any atom is 0.331 e. The molecule has 0 unspecified atom stereocenters. The molecule has 0 aliphatic carbocycles. The van der Waals surface area contributed by atoms with Crippen molar-refractivity contribution in [2.45, 2.75) is 25.9 Å². The predicted molar refractivity (Wildman–Crippen MR) is 102 cm³/mol. The highest BCUT2D eigenvalue weighted by molar-refractivity contribution is 6.02. The molecule has 0 amide bonds. The molecule has 0 saturated heterocycles. The average molecular weight is 366 g/mol. The average Bonchev–Trinajstić information content (AvgIpc) is 3.06. The van der Waals surface area contributed by atoms with E-state index in [0.29, 0.717) is 12.6 Å². The minimum absolute atomic E-state index is 0.101. The zero-order valence-electron chi connectivity index (χ0n) is 15.6. The van der Waals surface area contributed by atoms with Crippen molar-refractivity contribution in [1.29, 1.82) is 0 Å². The van der Waals surface area contributed by atoms with E-state index in [9.17, 15) is 4.79 Å². The van der Waals surface area contributed by atoms with Crippen molar-refractivity contribution in [1.82, 2.24) is 0 Å². The lowest BCUT2D eigenvalue weighted by Gasteiger charge is -2.39. The van der Waals surface area contributed by atoms with Crippen molar-refractivity contribution in [3.05, 3.63) is 54.1 Å². The lowest BCUT2D eigenvalue weighted by atomic mass is 9.86. The number of ether oxygens (including phenoxy) is 3. The van der Waals surface area contributed by atoms with E-state index in [1.165, 1.54) is 0 Å².